The molecular weight excluding hydrogens is 212 g/mol. The summed E-state index contributed by atoms with van der Waals surface area (Å²) < 4.78 is 10.4. The third kappa shape index (κ3) is 7.01. The van der Waals surface area contributed by atoms with E-state index in [0.29, 0.717) is 13.4 Å². The van der Waals surface area contributed by atoms with Gasteiger partial charge in [-0.15, -0.1) is 0 Å². The largest absolute Gasteiger partial charge is 0.467 e. The molecule has 17 heavy (non-hydrogen) atoms. The highest BCUT2D eigenvalue weighted by molar-refractivity contribution is 5.36. The second-order valence-electron chi connectivity index (χ2n) is 2.72. The van der Waals surface area contributed by atoms with Crippen molar-refractivity contribution in [2.75, 3.05) is 6.79 Å². The van der Waals surface area contributed by atoms with Crippen molar-refractivity contribution in [1.29, 1.82) is 0 Å². The quantitative estimate of drug-likeness (QED) is 0.639. The Hall–Kier alpha value is -1.02. The molecule has 1 aliphatic rings. The number of rotatable bonds is 0. The van der Waals surface area contributed by atoms with Crippen LogP contribution in [0.4, 0.5) is 0 Å². The van der Waals surface area contributed by atoms with Gasteiger partial charge >= 0.3 is 0 Å². The van der Waals surface area contributed by atoms with E-state index >= 15 is 0 Å². The fourth-order valence-electron chi connectivity index (χ4n) is 1.22. The van der Waals surface area contributed by atoms with Gasteiger partial charge in [0, 0.05) is 5.56 Å². The monoisotopic (exact) mass is 240 g/mol. The van der Waals surface area contributed by atoms with E-state index in [4.69, 9.17) is 9.47 Å². The summed E-state index contributed by atoms with van der Waals surface area (Å²) in [5.74, 6) is 0.960. The molecular formula is C15H28O2. The molecule has 1 aromatic rings. The lowest BCUT2D eigenvalue weighted by Crippen LogP contribution is -2.10. The van der Waals surface area contributed by atoms with Gasteiger partial charge in [-0.2, -0.15) is 0 Å². The number of aryl methyl sites for hydroxylation is 1. The van der Waals surface area contributed by atoms with Crippen LogP contribution in [0.5, 0.6) is 5.75 Å². The average Bonchev–Trinajstić information content (AvgIpc) is 2.45. The van der Waals surface area contributed by atoms with Gasteiger partial charge in [0.25, 0.3) is 0 Å². The van der Waals surface area contributed by atoms with Crippen molar-refractivity contribution in [3.05, 3.63) is 29.3 Å². The predicted octanol–water partition coefficient (Wildman–Crippen LogP) is 4.94. The summed E-state index contributed by atoms with van der Waals surface area (Å²) in [5.41, 5.74) is 2.40. The highest BCUT2D eigenvalue weighted by atomic mass is 16.7. The topological polar surface area (TPSA) is 18.5 Å². The molecule has 1 heterocycles. The second-order valence-corrected chi connectivity index (χ2v) is 2.72. The molecule has 1 aromatic carbocycles. The van der Waals surface area contributed by atoms with Crippen LogP contribution in [-0.2, 0) is 11.3 Å². The molecule has 100 valence electrons. The molecule has 0 atom stereocenters. The molecule has 0 saturated heterocycles. The molecule has 0 bridgehead atoms. The molecule has 0 amide bonds. The summed E-state index contributed by atoms with van der Waals surface area (Å²) in [6, 6.07) is 6.13. The lowest BCUT2D eigenvalue weighted by Gasteiger charge is -2.17. The van der Waals surface area contributed by atoms with E-state index in [1.807, 2.05) is 53.7 Å². The van der Waals surface area contributed by atoms with Crippen LogP contribution in [0.2, 0.25) is 0 Å². The van der Waals surface area contributed by atoms with Gasteiger partial charge < -0.3 is 9.47 Å². The first kappa shape index (κ1) is 18.3. The summed E-state index contributed by atoms with van der Waals surface area (Å²) in [7, 11) is 0. The van der Waals surface area contributed by atoms with Crippen LogP contribution in [0, 0.1) is 6.92 Å². The molecule has 2 heteroatoms. The first-order valence-corrected chi connectivity index (χ1v) is 6.66. The zero-order valence-electron chi connectivity index (χ0n) is 12.5. The maximum Gasteiger partial charge on any atom is 0.189 e. The lowest BCUT2D eigenvalue weighted by atomic mass is 10.1. The summed E-state index contributed by atoms with van der Waals surface area (Å²) in [4.78, 5) is 0. The minimum absolute atomic E-state index is 0.385. The predicted molar refractivity (Wildman–Crippen MR) is 75.5 cm³/mol. The molecule has 0 N–H and O–H groups in total. The Bertz CT molecular complexity index is 270. The van der Waals surface area contributed by atoms with Crippen molar-refractivity contribution in [2.24, 2.45) is 0 Å². The maximum absolute atomic E-state index is 5.26. The van der Waals surface area contributed by atoms with Crippen molar-refractivity contribution >= 4 is 0 Å². The fraction of sp³-hybridized carbons (Fsp3) is 0.600. The minimum atomic E-state index is 0.385. The van der Waals surface area contributed by atoms with E-state index in [-0.39, 0.29) is 0 Å². The Morgan fingerprint density at radius 2 is 1.53 bits per heavy atom. The number of hydrogen-bond acceptors (Lipinski definition) is 2. The van der Waals surface area contributed by atoms with Crippen LogP contribution >= 0.6 is 0 Å². The second kappa shape index (κ2) is 13.0. The van der Waals surface area contributed by atoms with Gasteiger partial charge in [0.2, 0.25) is 0 Å². The normalized spacial score (nSPS) is 11.0. The summed E-state index contributed by atoms with van der Waals surface area (Å²) >= 11 is 0. The van der Waals surface area contributed by atoms with Crippen molar-refractivity contribution in [1.82, 2.24) is 0 Å². The summed E-state index contributed by atoms with van der Waals surface area (Å²) in [5, 5.41) is 0. The van der Waals surface area contributed by atoms with Gasteiger partial charge in [-0.25, -0.2) is 0 Å². The highest BCUT2D eigenvalue weighted by Crippen LogP contribution is 2.23. The molecule has 0 saturated carbocycles. The van der Waals surface area contributed by atoms with E-state index in [2.05, 4.69) is 13.0 Å². The van der Waals surface area contributed by atoms with Crippen LogP contribution in [0.1, 0.15) is 52.7 Å². The third-order valence-electron chi connectivity index (χ3n) is 1.77. The van der Waals surface area contributed by atoms with Crippen LogP contribution < -0.4 is 4.74 Å². The van der Waals surface area contributed by atoms with E-state index in [1.165, 1.54) is 5.56 Å². The molecule has 0 unspecified atom stereocenters. The van der Waals surface area contributed by atoms with Crippen molar-refractivity contribution < 1.29 is 9.47 Å². The lowest BCUT2D eigenvalue weighted by molar-refractivity contribution is -0.0164. The number of hydrogen-bond donors (Lipinski definition) is 0. The highest BCUT2D eigenvalue weighted by Gasteiger charge is 2.08. The van der Waals surface area contributed by atoms with E-state index in [9.17, 15) is 0 Å². The standard InChI is InChI=1S/C9H10O2.3C2H6/c1-7-2-3-9-8(4-7)5-10-6-11-9;3*1-2/h2-4H,5-6H2,1H3;3*1-2H3. The van der Waals surface area contributed by atoms with E-state index in [1.54, 1.807) is 0 Å². The van der Waals surface area contributed by atoms with Crippen LogP contribution in [0.15, 0.2) is 18.2 Å². The van der Waals surface area contributed by atoms with Gasteiger partial charge in [-0.05, 0) is 13.0 Å². The molecule has 2 nitrogen and oxygen atoms in total. The first-order chi connectivity index (χ1) is 8.36. The van der Waals surface area contributed by atoms with Gasteiger partial charge in [-0.1, -0.05) is 59.2 Å². The van der Waals surface area contributed by atoms with Crippen molar-refractivity contribution in [3.63, 3.8) is 0 Å². The van der Waals surface area contributed by atoms with Gasteiger partial charge in [0.1, 0.15) is 5.75 Å². The SMILES string of the molecule is CC.CC.CC.Cc1ccc2c(c1)COCO2. The van der Waals surface area contributed by atoms with Crippen LogP contribution in [0.3, 0.4) is 0 Å². The van der Waals surface area contributed by atoms with Crippen LogP contribution in [-0.4, -0.2) is 6.79 Å². The molecule has 0 aliphatic carbocycles. The zero-order chi connectivity index (χ0) is 13.7. The average molecular weight is 240 g/mol. The van der Waals surface area contributed by atoms with Gasteiger partial charge in [0.05, 0.1) is 6.61 Å². The molecule has 0 radical (unpaired) electrons. The van der Waals surface area contributed by atoms with E-state index in [0.717, 1.165) is 11.3 Å². The Kier molecular flexibility index (Phi) is 14.1. The third-order valence-corrected chi connectivity index (χ3v) is 1.77. The molecule has 0 fully saturated rings. The van der Waals surface area contributed by atoms with Gasteiger partial charge in [0.15, 0.2) is 6.79 Å². The van der Waals surface area contributed by atoms with Crippen molar-refractivity contribution in [2.45, 2.75) is 55.1 Å². The molecule has 0 spiro atoms. The first-order valence-electron chi connectivity index (χ1n) is 6.66. The number of fused-ring (bicyclic) bond motifs is 1. The van der Waals surface area contributed by atoms with Gasteiger partial charge in [-0.3, -0.25) is 0 Å². The number of benzene rings is 1. The zero-order valence-corrected chi connectivity index (χ0v) is 12.5. The molecule has 1 aliphatic heterocycles. The fourth-order valence-corrected chi connectivity index (χ4v) is 1.22. The summed E-state index contributed by atoms with van der Waals surface area (Å²) in [6.07, 6.45) is 0. The Morgan fingerprint density at radius 1 is 0.941 bits per heavy atom. The van der Waals surface area contributed by atoms with E-state index < -0.39 is 0 Å². The van der Waals surface area contributed by atoms with Crippen molar-refractivity contribution in [3.8, 4) is 5.75 Å². The Morgan fingerprint density at radius 3 is 2.12 bits per heavy atom. The smallest absolute Gasteiger partial charge is 0.189 e. The molecule has 2 rings (SSSR count). The minimum Gasteiger partial charge on any atom is -0.467 e. The number of ether oxygens (including phenoxy) is 2. The van der Waals surface area contributed by atoms with Crippen LogP contribution in [0.25, 0.3) is 0 Å². The Balaban J connectivity index is 0. The summed E-state index contributed by atoms with van der Waals surface area (Å²) in [6.45, 7) is 15.1. The maximum atomic E-state index is 5.26. The Labute approximate surface area is 107 Å². The molecule has 0 aromatic heterocycles.